The molecule has 2 atom stereocenters. The Labute approximate surface area is 92.4 Å². The fourth-order valence-corrected chi connectivity index (χ4v) is 2.09. The molecule has 0 saturated carbocycles. The topological polar surface area (TPSA) is 44.4 Å². The third-order valence-corrected chi connectivity index (χ3v) is 3.06. The standard InChI is InChI=1S/C11H23N3O/c1-9-8-14(3)7-5-10(9)13-11(15)4-6-12-2/h9-10,12H,4-8H2,1-3H3,(H,13,15). The normalized spacial score (nSPS) is 27.7. The van der Waals surface area contributed by atoms with Crippen LogP contribution in [-0.4, -0.2) is 50.6 Å². The second kappa shape index (κ2) is 6.08. The molecule has 1 fully saturated rings. The van der Waals surface area contributed by atoms with Crippen molar-refractivity contribution in [2.75, 3.05) is 33.7 Å². The van der Waals surface area contributed by atoms with Crippen molar-refractivity contribution in [2.45, 2.75) is 25.8 Å². The first-order chi connectivity index (χ1) is 7.13. The number of amides is 1. The van der Waals surface area contributed by atoms with Gasteiger partial charge in [0.2, 0.25) is 5.91 Å². The summed E-state index contributed by atoms with van der Waals surface area (Å²) in [4.78, 5) is 13.9. The number of carbonyl (C=O) groups is 1. The summed E-state index contributed by atoms with van der Waals surface area (Å²) in [6, 6.07) is 0.366. The van der Waals surface area contributed by atoms with Crippen LogP contribution >= 0.6 is 0 Å². The minimum Gasteiger partial charge on any atom is -0.353 e. The Kier molecular flexibility index (Phi) is 5.05. The summed E-state index contributed by atoms with van der Waals surface area (Å²) < 4.78 is 0. The quantitative estimate of drug-likeness (QED) is 0.694. The molecule has 0 aromatic rings. The smallest absolute Gasteiger partial charge is 0.221 e. The summed E-state index contributed by atoms with van der Waals surface area (Å²) in [7, 11) is 4.00. The van der Waals surface area contributed by atoms with E-state index >= 15 is 0 Å². The molecule has 0 spiro atoms. The fraction of sp³-hybridized carbons (Fsp3) is 0.909. The molecule has 1 aliphatic heterocycles. The van der Waals surface area contributed by atoms with E-state index in [2.05, 4.69) is 29.5 Å². The predicted octanol–water partition coefficient (Wildman–Crippen LogP) is 0.0523. The zero-order valence-electron chi connectivity index (χ0n) is 10.0. The highest BCUT2D eigenvalue weighted by molar-refractivity contribution is 5.76. The molecule has 1 amide bonds. The molecule has 1 aliphatic rings. The van der Waals surface area contributed by atoms with Gasteiger partial charge >= 0.3 is 0 Å². The molecule has 1 heterocycles. The van der Waals surface area contributed by atoms with Crippen molar-refractivity contribution >= 4 is 5.91 Å². The van der Waals surface area contributed by atoms with Crippen LogP contribution in [0.25, 0.3) is 0 Å². The molecule has 1 saturated heterocycles. The van der Waals surface area contributed by atoms with Crippen LogP contribution in [0.1, 0.15) is 19.8 Å². The van der Waals surface area contributed by atoms with Gasteiger partial charge in [-0.1, -0.05) is 6.92 Å². The van der Waals surface area contributed by atoms with Crippen LogP contribution < -0.4 is 10.6 Å². The van der Waals surface area contributed by atoms with Crippen LogP contribution in [0.4, 0.5) is 0 Å². The van der Waals surface area contributed by atoms with E-state index in [0.717, 1.165) is 26.1 Å². The molecular formula is C11H23N3O. The average molecular weight is 213 g/mol. The second-order valence-electron chi connectivity index (χ2n) is 4.56. The third-order valence-electron chi connectivity index (χ3n) is 3.06. The van der Waals surface area contributed by atoms with E-state index in [9.17, 15) is 4.79 Å². The first-order valence-electron chi connectivity index (χ1n) is 5.76. The summed E-state index contributed by atoms with van der Waals surface area (Å²) in [5.41, 5.74) is 0. The molecular weight excluding hydrogens is 190 g/mol. The molecule has 0 radical (unpaired) electrons. The lowest BCUT2D eigenvalue weighted by Gasteiger charge is -2.35. The van der Waals surface area contributed by atoms with Gasteiger partial charge in [0.15, 0.2) is 0 Å². The molecule has 0 aromatic heterocycles. The van der Waals surface area contributed by atoms with Crippen LogP contribution in [0.15, 0.2) is 0 Å². The van der Waals surface area contributed by atoms with E-state index in [1.807, 2.05) is 7.05 Å². The number of nitrogens with one attached hydrogen (secondary N) is 2. The largest absolute Gasteiger partial charge is 0.353 e. The Morgan fingerprint density at radius 3 is 2.87 bits per heavy atom. The molecule has 0 bridgehead atoms. The molecule has 2 unspecified atom stereocenters. The van der Waals surface area contributed by atoms with Crippen LogP contribution in [0.3, 0.4) is 0 Å². The van der Waals surface area contributed by atoms with E-state index < -0.39 is 0 Å². The van der Waals surface area contributed by atoms with Crippen molar-refractivity contribution in [3.8, 4) is 0 Å². The van der Waals surface area contributed by atoms with Gasteiger partial charge in [-0.3, -0.25) is 4.79 Å². The zero-order valence-corrected chi connectivity index (χ0v) is 10.0. The van der Waals surface area contributed by atoms with Crippen molar-refractivity contribution in [3.05, 3.63) is 0 Å². The molecule has 4 nitrogen and oxygen atoms in total. The SMILES string of the molecule is CNCCC(=O)NC1CCN(C)CC1C. The molecule has 0 aromatic carbocycles. The highest BCUT2D eigenvalue weighted by Gasteiger charge is 2.24. The number of rotatable bonds is 4. The lowest BCUT2D eigenvalue weighted by molar-refractivity contribution is -0.122. The van der Waals surface area contributed by atoms with Crippen LogP contribution in [0, 0.1) is 5.92 Å². The van der Waals surface area contributed by atoms with E-state index in [4.69, 9.17) is 0 Å². The highest BCUT2D eigenvalue weighted by atomic mass is 16.1. The van der Waals surface area contributed by atoms with Gasteiger partial charge in [0, 0.05) is 25.6 Å². The monoisotopic (exact) mass is 213 g/mol. The molecule has 15 heavy (non-hydrogen) atoms. The maximum atomic E-state index is 11.5. The van der Waals surface area contributed by atoms with E-state index in [1.165, 1.54) is 0 Å². The van der Waals surface area contributed by atoms with Crippen molar-refractivity contribution in [3.63, 3.8) is 0 Å². The number of likely N-dealkylation sites (tertiary alicyclic amines) is 1. The summed E-state index contributed by atoms with van der Waals surface area (Å²) in [6.45, 7) is 5.13. The van der Waals surface area contributed by atoms with Crippen LogP contribution in [0.2, 0.25) is 0 Å². The lowest BCUT2D eigenvalue weighted by atomic mass is 9.94. The third kappa shape index (κ3) is 4.18. The van der Waals surface area contributed by atoms with Gasteiger partial charge in [-0.05, 0) is 33.0 Å². The number of hydrogen-bond donors (Lipinski definition) is 2. The van der Waals surface area contributed by atoms with Crippen LogP contribution in [-0.2, 0) is 4.79 Å². The Morgan fingerprint density at radius 2 is 2.27 bits per heavy atom. The van der Waals surface area contributed by atoms with Crippen LogP contribution in [0.5, 0.6) is 0 Å². The molecule has 4 heteroatoms. The lowest BCUT2D eigenvalue weighted by Crippen LogP contribution is -2.49. The van der Waals surface area contributed by atoms with Gasteiger partial charge in [-0.25, -0.2) is 0 Å². The molecule has 2 N–H and O–H groups in total. The first-order valence-corrected chi connectivity index (χ1v) is 5.76. The van der Waals surface area contributed by atoms with E-state index in [-0.39, 0.29) is 5.91 Å². The van der Waals surface area contributed by atoms with Gasteiger partial charge in [0.1, 0.15) is 0 Å². The summed E-state index contributed by atoms with van der Waals surface area (Å²) >= 11 is 0. The summed E-state index contributed by atoms with van der Waals surface area (Å²) in [5, 5.41) is 6.10. The van der Waals surface area contributed by atoms with Crippen molar-refractivity contribution in [1.29, 1.82) is 0 Å². The number of piperidine rings is 1. The average Bonchev–Trinajstić information content (AvgIpc) is 2.19. The Bertz CT molecular complexity index is 208. The number of hydrogen-bond acceptors (Lipinski definition) is 3. The van der Waals surface area contributed by atoms with Gasteiger partial charge in [0.05, 0.1) is 0 Å². The molecule has 88 valence electrons. The minimum absolute atomic E-state index is 0.172. The highest BCUT2D eigenvalue weighted by Crippen LogP contribution is 2.15. The van der Waals surface area contributed by atoms with Gasteiger partial charge < -0.3 is 15.5 Å². The van der Waals surface area contributed by atoms with Crippen molar-refractivity contribution in [2.24, 2.45) is 5.92 Å². The van der Waals surface area contributed by atoms with Gasteiger partial charge in [-0.15, -0.1) is 0 Å². The first kappa shape index (κ1) is 12.5. The van der Waals surface area contributed by atoms with Gasteiger partial charge in [-0.2, -0.15) is 0 Å². The number of nitrogens with zero attached hydrogens (tertiary/aromatic N) is 1. The molecule has 1 rings (SSSR count). The minimum atomic E-state index is 0.172. The Hall–Kier alpha value is -0.610. The summed E-state index contributed by atoms with van der Waals surface area (Å²) in [5.74, 6) is 0.730. The van der Waals surface area contributed by atoms with Crippen molar-refractivity contribution < 1.29 is 4.79 Å². The summed E-state index contributed by atoms with van der Waals surface area (Å²) in [6.07, 6.45) is 1.65. The molecule has 0 aliphatic carbocycles. The maximum Gasteiger partial charge on any atom is 0.221 e. The zero-order chi connectivity index (χ0) is 11.3. The van der Waals surface area contributed by atoms with E-state index in [1.54, 1.807) is 0 Å². The number of carbonyl (C=O) groups excluding carboxylic acids is 1. The van der Waals surface area contributed by atoms with Crippen molar-refractivity contribution in [1.82, 2.24) is 15.5 Å². The Morgan fingerprint density at radius 1 is 1.53 bits per heavy atom. The fourth-order valence-electron chi connectivity index (χ4n) is 2.09. The maximum absolute atomic E-state index is 11.5. The van der Waals surface area contributed by atoms with E-state index in [0.29, 0.717) is 18.4 Å². The Balaban J connectivity index is 2.28. The predicted molar refractivity (Wildman–Crippen MR) is 61.8 cm³/mol. The van der Waals surface area contributed by atoms with Gasteiger partial charge in [0.25, 0.3) is 0 Å². The second-order valence-corrected chi connectivity index (χ2v) is 4.56.